The van der Waals surface area contributed by atoms with Gasteiger partial charge in [-0.05, 0) is 39.2 Å². The van der Waals surface area contributed by atoms with Crippen LogP contribution in [0.3, 0.4) is 0 Å². The molecule has 2 aromatic rings. The molecule has 160 valence electrons. The third kappa shape index (κ3) is 3.97. The molecule has 0 saturated heterocycles. The van der Waals surface area contributed by atoms with Gasteiger partial charge in [0.2, 0.25) is 11.9 Å². The highest BCUT2D eigenvalue weighted by molar-refractivity contribution is 5.92. The van der Waals surface area contributed by atoms with Crippen LogP contribution >= 0.6 is 0 Å². The highest BCUT2D eigenvalue weighted by Crippen LogP contribution is 2.42. The summed E-state index contributed by atoms with van der Waals surface area (Å²) in [6, 6.07) is 2.85. The molecule has 9 heteroatoms. The fourth-order valence-corrected chi connectivity index (χ4v) is 3.38. The Morgan fingerprint density at radius 2 is 1.86 bits per heavy atom. The lowest BCUT2D eigenvalue weighted by Crippen LogP contribution is -2.36. The van der Waals surface area contributed by atoms with Gasteiger partial charge >= 0.3 is 6.18 Å². The van der Waals surface area contributed by atoms with Crippen LogP contribution in [0.1, 0.15) is 65.0 Å². The van der Waals surface area contributed by atoms with E-state index in [0.29, 0.717) is 0 Å². The third-order valence-electron chi connectivity index (χ3n) is 5.51. The van der Waals surface area contributed by atoms with Crippen LogP contribution in [0.25, 0.3) is 11.0 Å². The second-order valence-electron chi connectivity index (χ2n) is 8.85. The number of amides is 1. The van der Waals surface area contributed by atoms with E-state index in [4.69, 9.17) is 0 Å². The molecule has 0 bridgehead atoms. The molecular weight excluding hydrogens is 390 g/mol. The summed E-state index contributed by atoms with van der Waals surface area (Å²) >= 11 is 0. The second-order valence-corrected chi connectivity index (χ2v) is 8.85. The van der Waals surface area contributed by atoms with Crippen molar-refractivity contribution < 1.29 is 27.5 Å². The van der Waals surface area contributed by atoms with E-state index in [0.717, 1.165) is 33.1 Å². The quantitative estimate of drug-likeness (QED) is 0.672. The predicted molar refractivity (Wildman–Crippen MR) is 101 cm³/mol. The maximum absolute atomic E-state index is 15.2. The Hall–Kier alpha value is -2.16. The number of benzene rings is 1. The molecule has 1 aliphatic rings. The van der Waals surface area contributed by atoms with Crippen molar-refractivity contribution in [3.8, 4) is 0 Å². The van der Waals surface area contributed by atoms with Gasteiger partial charge in [0, 0.05) is 18.0 Å². The minimum atomic E-state index is -4.54. The summed E-state index contributed by atoms with van der Waals surface area (Å²) in [6.45, 7) is 4.83. The van der Waals surface area contributed by atoms with Crippen LogP contribution in [0, 0.1) is 11.2 Å². The SMILES string of the molecule is CC(C)(O)c1ccc2nc(NC(=O)CC(C)(C)C(F)(F)F)n(C3CCC3)c2c1F. The molecule has 0 spiro atoms. The summed E-state index contributed by atoms with van der Waals surface area (Å²) in [6.07, 6.45) is -2.90. The van der Waals surface area contributed by atoms with E-state index in [-0.39, 0.29) is 28.6 Å². The smallest absolute Gasteiger partial charge is 0.386 e. The zero-order valence-electron chi connectivity index (χ0n) is 16.8. The van der Waals surface area contributed by atoms with Crippen LogP contribution in [-0.2, 0) is 10.4 Å². The van der Waals surface area contributed by atoms with Gasteiger partial charge in [0.25, 0.3) is 0 Å². The molecule has 29 heavy (non-hydrogen) atoms. The Kier molecular flexibility index (Phi) is 5.18. The average molecular weight is 415 g/mol. The predicted octanol–water partition coefficient (Wildman–Crippen LogP) is 5.04. The molecule has 1 heterocycles. The number of nitrogens with zero attached hydrogens (tertiary/aromatic N) is 2. The van der Waals surface area contributed by atoms with Crippen LogP contribution in [0.2, 0.25) is 0 Å². The van der Waals surface area contributed by atoms with Crippen LogP contribution < -0.4 is 5.32 Å². The largest absolute Gasteiger partial charge is 0.394 e. The van der Waals surface area contributed by atoms with Crippen molar-refractivity contribution in [2.45, 2.75) is 71.2 Å². The van der Waals surface area contributed by atoms with E-state index in [1.807, 2.05) is 0 Å². The van der Waals surface area contributed by atoms with Gasteiger partial charge in [0.15, 0.2) is 5.82 Å². The fourth-order valence-electron chi connectivity index (χ4n) is 3.38. The molecule has 0 unspecified atom stereocenters. The molecule has 1 amide bonds. The summed E-state index contributed by atoms with van der Waals surface area (Å²) in [5.74, 6) is -1.46. The van der Waals surface area contributed by atoms with Crippen molar-refractivity contribution in [3.05, 3.63) is 23.5 Å². The first kappa shape index (κ1) is 21.5. The van der Waals surface area contributed by atoms with E-state index >= 15 is 4.39 Å². The summed E-state index contributed by atoms with van der Waals surface area (Å²) in [4.78, 5) is 16.6. The number of hydrogen-bond acceptors (Lipinski definition) is 3. The van der Waals surface area contributed by atoms with E-state index in [1.165, 1.54) is 26.0 Å². The normalized spacial score (nSPS) is 16.2. The van der Waals surface area contributed by atoms with Gasteiger partial charge in [0.05, 0.1) is 16.5 Å². The number of rotatable bonds is 5. The van der Waals surface area contributed by atoms with E-state index in [1.54, 1.807) is 4.57 Å². The first-order valence-corrected chi connectivity index (χ1v) is 9.52. The molecule has 3 rings (SSSR count). The minimum Gasteiger partial charge on any atom is -0.386 e. The Morgan fingerprint density at radius 3 is 2.34 bits per heavy atom. The van der Waals surface area contributed by atoms with Gasteiger partial charge in [-0.25, -0.2) is 9.37 Å². The Bertz CT molecular complexity index is 938. The zero-order chi connectivity index (χ0) is 21.8. The number of hydrogen-bond donors (Lipinski definition) is 2. The maximum Gasteiger partial charge on any atom is 0.394 e. The lowest BCUT2D eigenvalue weighted by molar-refractivity contribution is -0.213. The number of halogens is 4. The summed E-state index contributed by atoms with van der Waals surface area (Å²) in [7, 11) is 0. The van der Waals surface area contributed by atoms with E-state index in [9.17, 15) is 23.1 Å². The minimum absolute atomic E-state index is 0.0273. The summed E-state index contributed by atoms with van der Waals surface area (Å²) in [5, 5.41) is 12.7. The van der Waals surface area contributed by atoms with Gasteiger partial charge < -0.3 is 9.67 Å². The molecule has 5 nitrogen and oxygen atoms in total. The lowest BCUT2D eigenvalue weighted by atomic mass is 9.88. The number of carbonyl (C=O) groups is 1. The number of fused-ring (bicyclic) bond motifs is 1. The lowest BCUT2D eigenvalue weighted by Gasteiger charge is -2.30. The molecule has 1 saturated carbocycles. The number of carbonyl (C=O) groups excluding carboxylic acids is 1. The molecule has 1 fully saturated rings. The van der Waals surface area contributed by atoms with Gasteiger partial charge in [-0.1, -0.05) is 19.9 Å². The summed E-state index contributed by atoms with van der Waals surface area (Å²) < 4.78 is 56.1. The highest BCUT2D eigenvalue weighted by atomic mass is 19.4. The maximum atomic E-state index is 15.2. The molecule has 0 atom stereocenters. The van der Waals surface area contributed by atoms with E-state index < -0.39 is 35.3 Å². The summed E-state index contributed by atoms with van der Waals surface area (Å²) in [5.41, 5.74) is -3.13. The zero-order valence-corrected chi connectivity index (χ0v) is 16.8. The van der Waals surface area contributed by atoms with Crippen molar-refractivity contribution in [1.82, 2.24) is 9.55 Å². The fraction of sp³-hybridized carbons (Fsp3) is 0.600. The first-order chi connectivity index (χ1) is 13.2. The number of aromatic nitrogens is 2. The van der Waals surface area contributed by atoms with Gasteiger partial charge in [-0.15, -0.1) is 0 Å². The molecule has 1 aromatic carbocycles. The number of nitrogens with one attached hydrogen (secondary N) is 1. The number of imidazole rings is 1. The van der Waals surface area contributed by atoms with Crippen molar-refractivity contribution >= 4 is 22.9 Å². The Labute approximate surface area is 166 Å². The molecule has 1 aliphatic carbocycles. The third-order valence-corrected chi connectivity index (χ3v) is 5.51. The van der Waals surface area contributed by atoms with Crippen molar-refractivity contribution in [2.75, 3.05) is 5.32 Å². The molecule has 2 N–H and O–H groups in total. The van der Waals surface area contributed by atoms with Crippen molar-refractivity contribution in [2.24, 2.45) is 5.41 Å². The Balaban J connectivity index is 2.02. The molecule has 1 aromatic heterocycles. The van der Waals surface area contributed by atoms with Crippen LogP contribution in [0.15, 0.2) is 12.1 Å². The van der Waals surface area contributed by atoms with Crippen molar-refractivity contribution in [1.29, 1.82) is 0 Å². The standard InChI is InChI=1S/C20H25F4N3O2/c1-18(2,20(22,23)24)10-14(28)26-17-25-13-9-8-12(19(3,4)29)15(21)16(13)27(17)11-6-5-7-11/h8-9,11,29H,5-7,10H2,1-4H3,(H,25,26,28). The molecular formula is C20H25F4N3O2. The molecule has 0 aliphatic heterocycles. The average Bonchev–Trinajstić information content (AvgIpc) is 2.81. The number of anilines is 1. The van der Waals surface area contributed by atoms with Crippen LogP contribution in [-0.4, -0.2) is 26.7 Å². The monoisotopic (exact) mass is 415 g/mol. The van der Waals surface area contributed by atoms with E-state index in [2.05, 4.69) is 10.3 Å². The van der Waals surface area contributed by atoms with Gasteiger partial charge in [-0.3, -0.25) is 10.1 Å². The van der Waals surface area contributed by atoms with Gasteiger partial charge in [0.1, 0.15) is 5.52 Å². The van der Waals surface area contributed by atoms with Gasteiger partial charge in [-0.2, -0.15) is 13.2 Å². The molecule has 0 radical (unpaired) electrons. The van der Waals surface area contributed by atoms with Crippen LogP contribution in [0.4, 0.5) is 23.5 Å². The topological polar surface area (TPSA) is 67.2 Å². The van der Waals surface area contributed by atoms with Crippen molar-refractivity contribution in [3.63, 3.8) is 0 Å². The number of alkyl halides is 3. The van der Waals surface area contributed by atoms with Crippen LogP contribution in [0.5, 0.6) is 0 Å². The first-order valence-electron chi connectivity index (χ1n) is 9.52. The second kappa shape index (κ2) is 6.97. The Morgan fingerprint density at radius 1 is 1.24 bits per heavy atom. The number of aliphatic hydroxyl groups is 1. The highest BCUT2D eigenvalue weighted by Gasteiger charge is 2.48.